The van der Waals surface area contributed by atoms with Gasteiger partial charge in [-0.05, 0) is 30.5 Å². The van der Waals surface area contributed by atoms with Gasteiger partial charge in [-0.3, -0.25) is 0 Å². The van der Waals surface area contributed by atoms with Crippen molar-refractivity contribution in [2.24, 2.45) is 0 Å². The first-order valence-electron chi connectivity index (χ1n) is 4.76. The lowest BCUT2D eigenvalue weighted by molar-refractivity contribution is 0.776. The molecular formula is C11H17NS. The summed E-state index contributed by atoms with van der Waals surface area (Å²) in [6, 6.07) is 8.82. The number of hydrogen-bond donors (Lipinski definition) is 2. The van der Waals surface area contributed by atoms with Crippen LogP contribution in [0.5, 0.6) is 0 Å². The molecule has 13 heavy (non-hydrogen) atoms. The highest BCUT2D eigenvalue weighted by Crippen LogP contribution is 2.05. The van der Waals surface area contributed by atoms with Gasteiger partial charge in [0, 0.05) is 5.88 Å². The second kappa shape index (κ2) is 6.06. The van der Waals surface area contributed by atoms with Crippen molar-refractivity contribution in [3.8, 4) is 0 Å². The van der Waals surface area contributed by atoms with Crippen LogP contribution in [0.1, 0.15) is 18.1 Å². The molecule has 0 aliphatic rings. The SMILES string of the molecule is CCc1ccc(CCNCS)cc1. The van der Waals surface area contributed by atoms with Crippen LogP contribution in [0, 0.1) is 0 Å². The van der Waals surface area contributed by atoms with Crippen LogP contribution in [0.15, 0.2) is 24.3 Å². The highest BCUT2D eigenvalue weighted by atomic mass is 32.1. The number of thiol groups is 1. The summed E-state index contributed by atoms with van der Waals surface area (Å²) in [7, 11) is 0. The largest absolute Gasteiger partial charge is 0.308 e. The topological polar surface area (TPSA) is 12.0 Å². The van der Waals surface area contributed by atoms with Crippen LogP contribution in [0.2, 0.25) is 0 Å². The van der Waals surface area contributed by atoms with Crippen LogP contribution in [-0.4, -0.2) is 12.4 Å². The molecular weight excluding hydrogens is 178 g/mol. The Kier molecular flexibility index (Phi) is 4.94. The van der Waals surface area contributed by atoms with Crippen LogP contribution in [0.3, 0.4) is 0 Å². The molecule has 0 heterocycles. The van der Waals surface area contributed by atoms with Crippen molar-refractivity contribution < 1.29 is 0 Å². The molecule has 1 rings (SSSR count). The van der Waals surface area contributed by atoms with E-state index in [1.165, 1.54) is 11.1 Å². The second-order valence-corrected chi connectivity index (χ2v) is 3.39. The quantitative estimate of drug-likeness (QED) is 0.417. The van der Waals surface area contributed by atoms with E-state index in [9.17, 15) is 0 Å². The number of rotatable bonds is 5. The second-order valence-electron chi connectivity index (χ2n) is 3.08. The standard InChI is InChI=1S/C11H17NS/c1-2-10-3-5-11(6-4-10)7-8-12-9-13/h3-6,12-13H,2,7-9H2,1H3. The predicted molar refractivity (Wildman–Crippen MR) is 61.4 cm³/mol. The minimum Gasteiger partial charge on any atom is -0.308 e. The summed E-state index contributed by atoms with van der Waals surface area (Å²) in [5.74, 6) is 0.757. The van der Waals surface area contributed by atoms with Gasteiger partial charge in [-0.15, -0.1) is 0 Å². The fraction of sp³-hybridized carbons (Fsp3) is 0.455. The highest BCUT2D eigenvalue weighted by molar-refractivity contribution is 7.80. The normalized spacial score (nSPS) is 10.3. The molecule has 0 aliphatic carbocycles. The molecule has 0 amide bonds. The van der Waals surface area contributed by atoms with E-state index in [1.54, 1.807) is 0 Å². The zero-order chi connectivity index (χ0) is 9.52. The van der Waals surface area contributed by atoms with Crippen LogP contribution in [0.4, 0.5) is 0 Å². The van der Waals surface area contributed by atoms with Gasteiger partial charge >= 0.3 is 0 Å². The Hall–Kier alpha value is -0.470. The molecule has 0 unspecified atom stereocenters. The average Bonchev–Trinajstić information content (AvgIpc) is 2.19. The summed E-state index contributed by atoms with van der Waals surface area (Å²) in [6.07, 6.45) is 2.21. The monoisotopic (exact) mass is 195 g/mol. The maximum Gasteiger partial charge on any atom is 0.0387 e. The highest BCUT2D eigenvalue weighted by Gasteiger charge is 1.92. The summed E-state index contributed by atoms with van der Waals surface area (Å²) < 4.78 is 0. The minimum atomic E-state index is 0.757. The van der Waals surface area contributed by atoms with E-state index in [0.29, 0.717) is 0 Å². The maximum absolute atomic E-state index is 4.09. The van der Waals surface area contributed by atoms with Crippen LogP contribution in [-0.2, 0) is 12.8 Å². The maximum atomic E-state index is 4.09. The van der Waals surface area contributed by atoms with E-state index in [2.05, 4.69) is 49.1 Å². The Morgan fingerprint density at radius 3 is 2.31 bits per heavy atom. The summed E-state index contributed by atoms with van der Waals surface area (Å²) >= 11 is 4.09. The molecule has 0 spiro atoms. The third kappa shape index (κ3) is 3.83. The molecule has 2 heteroatoms. The number of hydrogen-bond acceptors (Lipinski definition) is 2. The molecule has 72 valence electrons. The summed E-state index contributed by atoms with van der Waals surface area (Å²) in [6.45, 7) is 3.19. The van der Waals surface area contributed by atoms with Gasteiger partial charge in [0.2, 0.25) is 0 Å². The van der Waals surface area contributed by atoms with Gasteiger partial charge in [0.25, 0.3) is 0 Å². The van der Waals surface area contributed by atoms with Gasteiger partial charge in [0.1, 0.15) is 0 Å². The predicted octanol–water partition coefficient (Wildman–Crippen LogP) is 2.27. The fourth-order valence-corrected chi connectivity index (χ4v) is 1.41. The lowest BCUT2D eigenvalue weighted by atomic mass is 10.1. The first-order valence-corrected chi connectivity index (χ1v) is 5.39. The summed E-state index contributed by atoms with van der Waals surface area (Å²) in [5, 5.41) is 3.19. The molecule has 0 fully saturated rings. The zero-order valence-electron chi connectivity index (χ0n) is 8.09. The fourth-order valence-electron chi connectivity index (χ4n) is 1.25. The van der Waals surface area contributed by atoms with Crippen LogP contribution in [0.25, 0.3) is 0 Å². The van der Waals surface area contributed by atoms with E-state index in [4.69, 9.17) is 0 Å². The lowest BCUT2D eigenvalue weighted by Crippen LogP contribution is -2.14. The average molecular weight is 195 g/mol. The molecule has 1 aromatic carbocycles. The van der Waals surface area contributed by atoms with Crippen molar-refractivity contribution in [2.45, 2.75) is 19.8 Å². The number of aryl methyl sites for hydroxylation is 1. The Morgan fingerprint density at radius 2 is 1.77 bits per heavy atom. The molecule has 1 aromatic rings. The molecule has 0 bridgehead atoms. The zero-order valence-corrected chi connectivity index (χ0v) is 8.98. The minimum absolute atomic E-state index is 0.757. The molecule has 1 N–H and O–H groups in total. The number of benzene rings is 1. The Bertz CT molecular complexity index is 230. The van der Waals surface area contributed by atoms with Gasteiger partial charge in [0.05, 0.1) is 0 Å². The molecule has 0 atom stereocenters. The first-order chi connectivity index (χ1) is 6.36. The smallest absolute Gasteiger partial charge is 0.0387 e. The molecule has 0 radical (unpaired) electrons. The van der Waals surface area contributed by atoms with E-state index < -0.39 is 0 Å². The van der Waals surface area contributed by atoms with Gasteiger partial charge < -0.3 is 5.32 Å². The third-order valence-corrected chi connectivity index (χ3v) is 2.36. The van der Waals surface area contributed by atoms with Crippen molar-refractivity contribution >= 4 is 12.6 Å². The van der Waals surface area contributed by atoms with E-state index >= 15 is 0 Å². The van der Waals surface area contributed by atoms with Gasteiger partial charge in [-0.25, -0.2) is 0 Å². The van der Waals surface area contributed by atoms with Gasteiger partial charge in [0.15, 0.2) is 0 Å². The van der Waals surface area contributed by atoms with Crippen molar-refractivity contribution in [1.82, 2.24) is 5.32 Å². The summed E-state index contributed by atoms with van der Waals surface area (Å²) in [4.78, 5) is 0. The van der Waals surface area contributed by atoms with E-state index in [0.717, 1.165) is 25.3 Å². The van der Waals surface area contributed by atoms with Crippen molar-refractivity contribution in [3.05, 3.63) is 35.4 Å². The summed E-state index contributed by atoms with van der Waals surface area (Å²) in [5.41, 5.74) is 2.80. The van der Waals surface area contributed by atoms with E-state index in [1.807, 2.05) is 0 Å². The Morgan fingerprint density at radius 1 is 1.15 bits per heavy atom. The van der Waals surface area contributed by atoms with Gasteiger partial charge in [-0.1, -0.05) is 31.2 Å². The van der Waals surface area contributed by atoms with Crippen molar-refractivity contribution in [3.63, 3.8) is 0 Å². The van der Waals surface area contributed by atoms with Crippen molar-refractivity contribution in [1.29, 1.82) is 0 Å². The molecule has 0 aromatic heterocycles. The molecule has 0 saturated heterocycles. The lowest BCUT2D eigenvalue weighted by Gasteiger charge is -2.02. The Labute approximate surface area is 86.0 Å². The number of nitrogens with one attached hydrogen (secondary N) is 1. The molecule has 0 aliphatic heterocycles. The van der Waals surface area contributed by atoms with Gasteiger partial charge in [-0.2, -0.15) is 12.6 Å². The van der Waals surface area contributed by atoms with Crippen molar-refractivity contribution in [2.75, 3.05) is 12.4 Å². The van der Waals surface area contributed by atoms with Crippen LogP contribution < -0.4 is 5.32 Å². The Balaban J connectivity index is 2.40. The van der Waals surface area contributed by atoms with E-state index in [-0.39, 0.29) is 0 Å². The molecule has 1 nitrogen and oxygen atoms in total. The third-order valence-electron chi connectivity index (χ3n) is 2.13. The first kappa shape index (κ1) is 10.6. The molecule has 0 saturated carbocycles. The van der Waals surface area contributed by atoms with Crippen LogP contribution >= 0.6 is 12.6 Å².